The summed E-state index contributed by atoms with van der Waals surface area (Å²) < 4.78 is 47.5. The van der Waals surface area contributed by atoms with Gasteiger partial charge in [0.25, 0.3) is 0 Å². The second-order valence-corrected chi connectivity index (χ2v) is 13.7. The first-order chi connectivity index (χ1) is 22.0. The highest BCUT2D eigenvalue weighted by Gasteiger charge is 2.56. The summed E-state index contributed by atoms with van der Waals surface area (Å²) in [5.41, 5.74) is -0.974. The molecule has 1 fully saturated rings. The average molecular weight is 656 g/mol. The van der Waals surface area contributed by atoms with E-state index in [-0.39, 0.29) is 43.2 Å². The van der Waals surface area contributed by atoms with Gasteiger partial charge in [-0.25, -0.2) is 18.0 Å². The van der Waals surface area contributed by atoms with Crippen molar-refractivity contribution in [2.45, 2.75) is 89.4 Å². The van der Waals surface area contributed by atoms with Gasteiger partial charge in [0, 0.05) is 44.2 Å². The molecule has 2 aliphatic heterocycles. The number of carbonyl (C=O) groups is 4. The zero-order valence-electron chi connectivity index (χ0n) is 27.3. The molecule has 0 aliphatic carbocycles. The number of anilines is 1. The van der Waals surface area contributed by atoms with Crippen LogP contribution >= 0.6 is 0 Å². The number of hydrogen-bond donors (Lipinski definition) is 2. The van der Waals surface area contributed by atoms with E-state index in [2.05, 4.69) is 16.7 Å². The smallest absolute Gasteiger partial charge is 0.407 e. The van der Waals surface area contributed by atoms with Gasteiger partial charge in [-0.1, -0.05) is 32.0 Å². The van der Waals surface area contributed by atoms with Crippen LogP contribution in [-0.2, 0) is 31.0 Å². The van der Waals surface area contributed by atoms with Crippen molar-refractivity contribution in [1.82, 2.24) is 15.1 Å². The lowest BCUT2D eigenvalue weighted by Crippen LogP contribution is -2.53. The Labute approximate surface area is 272 Å². The number of nitrogens with one attached hydrogen (secondary N) is 2. The molecule has 2 aromatic carbocycles. The molecule has 0 saturated carbocycles. The number of nitrogens with zero attached hydrogens (tertiary/aromatic N) is 3. The predicted octanol–water partition coefficient (Wildman–Crippen LogP) is 4.82. The van der Waals surface area contributed by atoms with Crippen LogP contribution in [0.1, 0.15) is 65.0 Å². The molecule has 2 heterocycles. The summed E-state index contributed by atoms with van der Waals surface area (Å²) in [7, 11) is 1.42. The second-order valence-electron chi connectivity index (χ2n) is 13.7. The van der Waals surface area contributed by atoms with Crippen molar-refractivity contribution < 1.29 is 37.1 Å². The molecule has 2 aromatic rings. The lowest BCUT2D eigenvalue weighted by molar-refractivity contribution is -0.145. The Kier molecular flexibility index (Phi) is 10.2. The lowest BCUT2D eigenvalue weighted by Gasteiger charge is -2.34. The highest BCUT2D eigenvalue weighted by molar-refractivity contribution is 6.07. The van der Waals surface area contributed by atoms with Crippen molar-refractivity contribution in [2.75, 3.05) is 18.9 Å². The monoisotopic (exact) mass is 655 g/mol. The zero-order chi connectivity index (χ0) is 34.8. The molecule has 0 bridgehead atoms. The van der Waals surface area contributed by atoms with Crippen LogP contribution < -0.4 is 10.6 Å². The van der Waals surface area contributed by atoms with Gasteiger partial charge in [0.2, 0.25) is 17.7 Å². The quantitative estimate of drug-likeness (QED) is 0.373. The van der Waals surface area contributed by atoms with E-state index in [1.54, 1.807) is 45.0 Å². The van der Waals surface area contributed by atoms with E-state index in [0.717, 1.165) is 0 Å². The van der Waals surface area contributed by atoms with Crippen LogP contribution in [0.2, 0.25) is 0 Å². The minimum atomic E-state index is -1.38. The summed E-state index contributed by atoms with van der Waals surface area (Å²) >= 11 is 0. The fraction of sp³-hybridized carbons (Fsp3) is 0.500. The number of fused-ring (bicyclic) bond motifs is 2. The largest absolute Gasteiger partial charge is 0.444 e. The Morgan fingerprint density at radius 1 is 1.15 bits per heavy atom. The SMILES string of the molecule is CC(C)C[C@@H](C(=O)N1C[C@]2(C[C@H]1C#N)C(=O)Nc1ccccc12)N(C)C(=O)C[C@H](Cc1cc(F)c(F)cc1F)NC(=O)OC(C)(C)C. The van der Waals surface area contributed by atoms with Crippen LogP contribution in [0.25, 0.3) is 0 Å². The number of para-hydroxylation sites is 1. The molecule has 4 rings (SSSR count). The van der Waals surface area contributed by atoms with E-state index in [9.17, 15) is 37.6 Å². The minimum absolute atomic E-state index is 0.0538. The van der Waals surface area contributed by atoms with Gasteiger partial charge in [0.1, 0.15) is 23.5 Å². The average Bonchev–Trinajstić information content (AvgIpc) is 3.50. The number of likely N-dealkylation sites (tertiary alicyclic amines) is 1. The van der Waals surface area contributed by atoms with Gasteiger partial charge < -0.3 is 25.2 Å². The van der Waals surface area contributed by atoms with E-state index < -0.39 is 70.9 Å². The van der Waals surface area contributed by atoms with Gasteiger partial charge in [0.05, 0.1) is 11.5 Å². The number of likely N-dealkylation sites (N-methyl/N-ethyl adjacent to an activating group) is 1. The number of halogens is 3. The topological polar surface area (TPSA) is 132 Å². The first-order valence-electron chi connectivity index (χ1n) is 15.5. The van der Waals surface area contributed by atoms with E-state index in [0.29, 0.717) is 23.4 Å². The zero-order valence-corrected chi connectivity index (χ0v) is 27.3. The van der Waals surface area contributed by atoms with E-state index >= 15 is 0 Å². The maximum Gasteiger partial charge on any atom is 0.407 e. The number of amides is 4. The Morgan fingerprint density at radius 3 is 2.45 bits per heavy atom. The summed E-state index contributed by atoms with van der Waals surface area (Å²) in [6, 6.07) is 7.22. The van der Waals surface area contributed by atoms with Gasteiger partial charge in [-0.3, -0.25) is 14.4 Å². The van der Waals surface area contributed by atoms with Crippen LogP contribution in [0.4, 0.5) is 23.7 Å². The molecule has 4 amide bonds. The Bertz CT molecular complexity index is 1600. The molecular formula is C34H40F3N5O5. The van der Waals surface area contributed by atoms with Gasteiger partial charge in [-0.2, -0.15) is 5.26 Å². The number of ether oxygens (including phenoxy) is 1. The van der Waals surface area contributed by atoms with Crippen molar-refractivity contribution in [2.24, 2.45) is 5.92 Å². The lowest BCUT2D eigenvalue weighted by atomic mass is 9.80. The second kappa shape index (κ2) is 13.6. The summed E-state index contributed by atoms with van der Waals surface area (Å²) in [6.07, 6.45) is -1.44. The van der Waals surface area contributed by atoms with E-state index in [4.69, 9.17) is 4.74 Å². The fourth-order valence-electron chi connectivity index (χ4n) is 6.21. The molecule has 2 aliphatic rings. The Balaban J connectivity index is 1.59. The Morgan fingerprint density at radius 2 is 1.81 bits per heavy atom. The predicted molar refractivity (Wildman–Crippen MR) is 166 cm³/mol. The first-order valence-corrected chi connectivity index (χ1v) is 15.5. The molecule has 4 atom stereocenters. The summed E-state index contributed by atoms with van der Waals surface area (Å²) in [4.78, 5) is 56.5. The molecule has 252 valence electrons. The highest BCUT2D eigenvalue weighted by atomic mass is 19.2. The Hall–Kier alpha value is -4.60. The van der Waals surface area contributed by atoms with Crippen molar-refractivity contribution in [1.29, 1.82) is 5.26 Å². The molecule has 47 heavy (non-hydrogen) atoms. The van der Waals surface area contributed by atoms with Crippen molar-refractivity contribution >= 4 is 29.5 Å². The van der Waals surface area contributed by atoms with Crippen molar-refractivity contribution in [3.8, 4) is 6.07 Å². The standard InChI is InChI=1S/C34H40F3N5O5/c1-19(2)11-28(30(44)42-18-34(16-22(42)17-38)23-9-7-8-10-27(23)40-31(34)45)41(6)29(43)14-21(39-32(46)47-33(3,4)5)12-20-13-25(36)26(37)15-24(20)35/h7-10,13,15,19,21-22,28H,11-12,14,16,18H2,1-6H3,(H,39,46)(H,40,45)/t21-,22-,28-,34-/m0/s1. The van der Waals surface area contributed by atoms with E-state index in [1.165, 1.54) is 16.8 Å². The molecular weight excluding hydrogens is 615 g/mol. The minimum Gasteiger partial charge on any atom is -0.444 e. The normalized spacial score (nSPS) is 20.0. The van der Waals surface area contributed by atoms with Crippen molar-refractivity contribution in [3.05, 3.63) is 65.0 Å². The number of hydrogen-bond acceptors (Lipinski definition) is 6. The van der Waals surface area contributed by atoms with Crippen LogP contribution in [0.3, 0.4) is 0 Å². The maximum atomic E-state index is 14.6. The molecule has 2 N–H and O–H groups in total. The molecule has 0 radical (unpaired) electrons. The van der Waals surface area contributed by atoms with Crippen LogP contribution in [-0.4, -0.2) is 70.9 Å². The molecule has 10 nitrogen and oxygen atoms in total. The number of rotatable bonds is 9. The molecule has 1 saturated heterocycles. The van der Waals surface area contributed by atoms with Gasteiger partial charge in [0.15, 0.2) is 11.6 Å². The summed E-state index contributed by atoms with van der Waals surface area (Å²) in [6.45, 7) is 8.56. The number of carbonyl (C=O) groups excluding carboxylic acids is 4. The van der Waals surface area contributed by atoms with Crippen LogP contribution in [0.15, 0.2) is 36.4 Å². The summed E-state index contributed by atoms with van der Waals surface area (Å²) in [5, 5.41) is 15.4. The molecule has 0 unspecified atom stereocenters. The molecule has 13 heteroatoms. The van der Waals surface area contributed by atoms with Gasteiger partial charge >= 0.3 is 6.09 Å². The van der Waals surface area contributed by atoms with Crippen LogP contribution in [0, 0.1) is 34.7 Å². The number of alkyl carbamates (subject to hydrolysis) is 1. The first kappa shape index (κ1) is 35.3. The molecule has 1 spiro atoms. The third-order valence-corrected chi connectivity index (χ3v) is 8.45. The van der Waals surface area contributed by atoms with E-state index in [1.807, 2.05) is 13.8 Å². The van der Waals surface area contributed by atoms with Gasteiger partial charge in [-0.05, 0) is 62.8 Å². The highest BCUT2D eigenvalue weighted by Crippen LogP contribution is 2.46. The third-order valence-electron chi connectivity index (χ3n) is 8.45. The summed E-state index contributed by atoms with van der Waals surface area (Å²) in [5.74, 6) is -5.24. The van der Waals surface area contributed by atoms with Crippen LogP contribution in [0.5, 0.6) is 0 Å². The van der Waals surface area contributed by atoms with Crippen molar-refractivity contribution in [3.63, 3.8) is 0 Å². The third kappa shape index (κ3) is 7.69. The fourth-order valence-corrected chi connectivity index (χ4v) is 6.21. The number of nitriles is 1. The molecule has 0 aromatic heterocycles. The number of benzene rings is 2. The van der Waals surface area contributed by atoms with Gasteiger partial charge in [-0.15, -0.1) is 0 Å². The maximum absolute atomic E-state index is 14.6.